The van der Waals surface area contributed by atoms with Crippen LogP contribution in [0.5, 0.6) is 0 Å². The third-order valence-corrected chi connectivity index (χ3v) is 3.83. The van der Waals surface area contributed by atoms with E-state index in [4.69, 9.17) is 4.74 Å². The highest BCUT2D eigenvalue weighted by molar-refractivity contribution is 7.09. The summed E-state index contributed by atoms with van der Waals surface area (Å²) in [6.07, 6.45) is 3.09. The normalized spacial score (nSPS) is 13.9. The van der Waals surface area contributed by atoms with Gasteiger partial charge < -0.3 is 10.1 Å². The van der Waals surface area contributed by atoms with Crippen molar-refractivity contribution in [2.45, 2.75) is 27.2 Å². The zero-order valence-corrected chi connectivity index (χ0v) is 12.1. The molecule has 0 radical (unpaired) electrons. The molecular formula is C13H24N2OS. The fourth-order valence-corrected chi connectivity index (χ4v) is 2.40. The van der Waals surface area contributed by atoms with Gasteiger partial charge in [0.05, 0.1) is 12.1 Å². The van der Waals surface area contributed by atoms with Crippen molar-refractivity contribution in [3.05, 3.63) is 16.6 Å². The zero-order chi connectivity index (χ0) is 12.7. The first-order chi connectivity index (χ1) is 8.04. The van der Waals surface area contributed by atoms with Gasteiger partial charge in [-0.3, -0.25) is 4.98 Å². The maximum Gasteiger partial charge on any atom is 0.0794 e. The lowest BCUT2D eigenvalue weighted by atomic mass is 9.78. The highest BCUT2D eigenvalue weighted by Crippen LogP contribution is 2.29. The fraction of sp³-hybridized carbons (Fsp3) is 0.769. The van der Waals surface area contributed by atoms with Crippen LogP contribution in [0.3, 0.4) is 0 Å². The molecule has 0 fully saturated rings. The Morgan fingerprint density at radius 3 is 2.76 bits per heavy atom. The first-order valence-corrected chi connectivity index (χ1v) is 6.99. The Kier molecular flexibility index (Phi) is 6.09. The van der Waals surface area contributed by atoms with E-state index in [1.807, 2.05) is 11.7 Å². The molecule has 1 N–H and O–H groups in total. The van der Waals surface area contributed by atoms with E-state index in [1.165, 1.54) is 4.88 Å². The lowest BCUT2D eigenvalue weighted by Crippen LogP contribution is -2.34. The SMILES string of the molecule is COCCNCC(Cc1cncs1)C(C)(C)C. The molecule has 0 aliphatic heterocycles. The monoisotopic (exact) mass is 256 g/mol. The smallest absolute Gasteiger partial charge is 0.0794 e. The van der Waals surface area contributed by atoms with Gasteiger partial charge in [0.15, 0.2) is 0 Å². The van der Waals surface area contributed by atoms with Gasteiger partial charge in [0, 0.05) is 24.7 Å². The molecule has 0 saturated heterocycles. The molecule has 1 unspecified atom stereocenters. The van der Waals surface area contributed by atoms with Crippen molar-refractivity contribution >= 4 is 11.3 Å². The van der Waals surface area contributed by atoms with Crippen molar-refractivity contribution in [1.29, 1.82) is 0 Å². The Balaban J connectivity index is 2.44. The maximum absolute atomic E-state index is 5.04. The highest BCUT2D eigenvalue weighted by atomic mass is 32.1. The van der Waals surface area contributed by atoms with E-state index in [0.29, 0.717) is 11.3 Å². The Bertz CT molecular complexity index is 293. The number of methoxy groups -OCH3 is 1. The molecule has 0 aromatic carbocycles. The predicted molar refractivity (Wildman–Crippen MR) is 73.5 cm³/mol. The molecule has 1 aromatic heterocycles. The zero-order valence-electron chi connectivity index (χ0n) is 11.3. The summed E-state index contributed by atoms with van der Waals surface area (Å²) in [6.45, 7) is 9.64. The first kappa shape index (κ1) is 14.6. The Labute approximate surface area is 109 Å². The van der Waals surface area contributed by atoms with Crippen molar-refractivity contribution in [2.24, 2.45) is 11.3 Å². The van der Waals surface area contributed by atoms with Gasteiger partial charge >= 0.3 is 0 Å². The van der Waals surface area contributed by atoms with Gasteiger partial charge in [0.25, 0.3) is 0 Å². The number of ether oxygens (including phenoxy) is 1. The number of aromatic nitrogens is 1. The van der Waals surface area contributed by atoms with E-state index in [2.05, 4.69) is 31.1 Å². The Hall–Kier alpha value is -0.450. The number of nitrogens with zero attached hydrogens (tertiary/aromatic N) is 1. The van der Waals surface area contributed by atoms with Gasteiger partial charge in [0.1, 0.15) is 0 Å². The average molecular weight is 256 g/mol. The molecule has 98 valence electrons. The lowest BCUT2D eigenvalue weighted by Gasteiger charge is -2.30. The second kappa shape index (κ2) is 7.09. The molecule has 1 heterocycles. The summed E-state index contributed by atoms with van der Waals surface area (Å²) >= 11 is 1.75. The molecule has 1 rings (SSSR count). The van der Waals surface area contributed by atoms with Crippen molar-refractivity contribution < 1.29 is 4.74 Å². The van der Waals surface area contributed by atoms with Crippen LogP contribution in [0.4, 0.5) is 0 Å². The largest absolute Gasteiger partial charge is 0.383 e. The van der Waals surface area contributed by atoms with Crippen LogP contribution >= 0.6 is 11.3 Å². The minimum atomic E-state index is 0.310. The average Bonchev–Trinajstić information content (AvgIpc) is 2.73. The molecule has 4 heteroatoms. The van der Waals surface area contributed by atoms with Gasteiger partial charge in [-0.05, 0) is 24.3 Å². The molecule has 0 aliphatic rings. The van der Waals surface area contributed by atoms with Gasteiger partial charge in [-0.15, -0.1) is 11.3 Å². The van der Waals surface area contributed by atoms with Crippen molar-refractivity contribution in [2.75, 3.05) is 26.8 Å². The van der Waals surface area contributed by atoms with Crippen LogP contribution in [0.1, 0.15) is 25.6 Å². The molecule has 0 aliphatic carbocycles. The van der Waals surface area contributed by atoms with Crippen LogP contribution in [0.25, 0.3) is 0 Å². The van der Waals surface area contributed by atoms with Crippen LogP contribution in [0.15, 0.2) is 11.7 Å². The quantitative estimate of drug-likeness (QED) is 0.761. The fourth-order valence-electron chi connectivity index (χ4n) is 1.72. The molecule has 0 spiro atoms. The molecule has 1 atom stereocenters. The van der Waals surface area contributed by atoms with E-state index in [9.17, 15) is 0 Å². The summed E-state index contributed by atoms with van der Waals surface area (Å²) in [5, 5.41) is 3.46. The van der Waals surface area contributed by atoms with Crippen LogP contribution in [-0.4, -0.2) is 31.8 Å². The minimum absolute atomic E-state index is 0.310. The highest BCUT2D eigenvalue weighted by Gasteiger charge is 2.24. The molecule has 1 aromatic rings. The molecule has 0 saturated carbocycles. The van der Waals surface area contributed by atoms with Crippen LogP contribution < -0.4 is 5.32 Å². The van der Waals surface area contributed by atoms with Gasteiger partial charge in [-0.2, -0.15) is 0 Å². The second-order valence-electron chi connectivity index (χ2n) is 5.43. The third kappa shape index (κ3) is 5.61. The van der Waals surface area contributed by atoms with Crippen molar-refractivity contribution in [1.82, 2.24) is 10.3 Å². The molecule has 17 heavy (non-hydrogen) atoms. The predicted octanol–water partition coefficient (Wildman–Crippen LogP) is 2.58. The molecule has 3 nitrogen and oxygen atoms in total. The summed E-state index contributed by atoms with van der Waals surface area (Å²) in [6, 6.07) is 0. The minimum Gasteiger partial charge on any atom is -0.383 e. The van der Waals surface area contributed by atoms with Crippen molar-refractivity contribution in [3.8, 4) is 0 Å². The summed E-state index contributed by atoms with van der Waals surface area (Å²) in [4.78, 5) is 5.52. The van der Waals surface area contributed by atoms with E-state index < -0.39 is 0 Å². The topological polar surface area (TPSA) is 34.1 Å². The van der Waals surface area contributed by atoms with Crippen LogP contribution in [0.2, 0.25) is 0 Å². The van der Waals surface area contributed by atoms with Gasteiger partial charge in [-0.25, -0.2) is 0 Å². The number of hydrogen-bond donors (Lipinski definition) is 1. The number of thiazole rings is 1. The van der Waals surface area contributed by atoms with Crippen LogP contribution in [0, 0.1) is 11.3 Å². The summed E-state index contributed by atoms with van der Waals surface area (Å²) in [5.74, 6) is 0.625. The Morgan fingerprint density at radius 2 is 2.24 bits per heavy atom. The van der Waals surface area contributed by atoms with E-state index in [-0.39, 0.29) is 0 Å². The van der Waals surface area contributed by atoms with E-state index >= 15 is 0 Å². The number of hydrogen-bond acceptors (Lipinski definition) is 4. The lowest BCUT2D eigenvalue weighted by molar-refractivity contribution is 0.186. The van der Waals surface area contributed by atoms with Crippen molar-refractivity contribution in [3.63, 3.8) is 0 Å². The summed E-state index contributed by atoms with van der Waals surface area (Å²) < 4.78 is 5.04. The molecular weight excluding hydrogens is 232 g/mol. The summed E-state index contributed by atoms with van der Waals surface area (Å²) in [5.41, 5.74) is 2.22. The molecule has 0 amide bonds. The molecule has 0 bridgehead atoms. The first-order valence-electron chi connectivity index (χ1n) is 6.11. The standard InChI is InChI=1S/C13H24N2OS/c1-13(2,3)11(8-14-5-6-16-4)7-12-9-15-10-17-12/h9-11,14H,5-8H2,1-4H3. The Morgan fingerprint density at radius 1 is 1.47 bits per heavy atom. The summed E-state index contributed by atoms with van der Waals surface area (Å²) in [7, 11) is 1.74. The second-order valence-corrected chi connectivity index (χ2v) is 6.40. The van der Waals surface area contributed by atoms with E-state index in [0.717, 1.165) is 26.1 Å². The van der Waals surface area contributed by atoms with Gasteiger partial charge in [-0.1, -0.05) is 20.8 Å². The maximum atomic E-state index is 5.04. The van der Waals surface area contributed by atoms with E-state index in [1.54, 1.807) is 18.4 Å². The number of rotatable bonds is 7. The number of nitrogens with one attached hydrogen (secondary N) is 1. The van der Waals surface area contributed by atoms with Gasteiger partial charge in [0.2, 0.25) is 0 Å². The third-order valence-electron chi connectivity index (χ3n) is 3.03. The van der Waals surface area contributed by atoms with Crippen LogP contribution in [-0.2, 0) is 11.2 Å².